The van der Waals surface area contributed by atoms with Crippen LogP contribution in [0.15, 0.2) is 53.0 Å². The molecule has 2 atom stereocenters. The molecule has 0 saturated heterocycles. The summed E-state index contributed by atoms with van der Waals surface area (Å²) in [6, 6.07) is 14.4. The molecule has 1 fully saturated rings. The molecule has 3 N–H and O–H groups in total. The van der Waals surface area contributed by atoms with Gasteiger partial charge in [-0.15, -0.1) is 0 Å². The zero-order chi connectivity index (χ0) is 21.7. The van der Waals surface area contributed by atoms with E-state index in [0.29, 0.717) is 0 Å². The van der Waals surface area contributed by atoms with Gasteiger partial charge in [0.05, 0.1) is 18.5 Å². The third-order valence-electron chi connectivity index (χ3n) is 5.04. The quantitative estimate of drug-likeness (QED) is 0.537. The molecule has 0 heterocycles. The Morgan fingerprint density at radius 3 is 2.13 bits per heavy atom. The molecule has 0 spiro atoms. The Kier molecular flexibility index (Phi) is 7.26. The molecule has 1 aliphatic carbocycles. The van der Waals surface area contributed by atoms with Gasteiger partial charge in [-0.05, 0) is 55.2 Å². The summed E-state index contributed by atoms with van der Waals surface area (Å²) in [6.07, 6.45) is 2.07. The fourth-order valence-electron chi connectivity index (χ4n) is 3.21. The molecule has 158 valence electrons. The molecule has 0 radical (unpaired) electrons. The number of rotatable bonds is 8. The number of carbonyl (C=O) groups is 3. The van der Waals surface area contributed by atoms with Gasteiger partial charge in [-0.25, -0.2) is 0 Å². The van der Waals surface area contributed by atoms with Crippen molar-refractivity contribution in [2.45, 2.75) is 45.2 Å². The third-order valence-corrected chi connectivity index (χ3v) is 5.57. The fourth-order valence-corrected chi connectivity index (χ4v) is 3.47. The van der Waals surface area contributed by atoms with Crippen molar-refractivity contribution in [2.24, 2.45) is 5.92 Å². The van der Waals surface area contributed by atoms with Crippen LogP contribution in [0, 0.1) is 5.92 Å². The SMILES string of the molecule is CC(=O)NC(CC(=O)NC(C)c1ccc(NC(=O)C2CC2)cc1)c1ccc(Br)cc1. The average molecular weight is 472 g/mol. The first-order valence-electron chi connectivity index (χ1n) is 10.0. The van der Waals surface area contributed by atoms with Crippen LogP contribution in [0.1, 0.15) is 56.3 Å². The van der Waals surface area contributed by atoms with Gasteiger partial charge in [-0.3, -0.25) is 14.4 Å². The number of halogens is 1. The van der Waals surface area contributed by atoms with E-state index in [2.05, 4.69) is 31.9 Å². The van der Waals surface area contributed by atoms with E-state index in [1.165, 1.54) is 6.92 Å². The van der Waals surface area contributed by atoms with Crippen LogP contribution in [0.25, 0.3) is 0 Å². The van der Waals surface area contributed by atoms with Crippen LogP contribution in [0.3, 0.4) is 0 Å². The Labute approximate surface area is 184 Å². The Morgan fingerprint density at radius 2 is 1.57 bits per heavy atom. The Balaban J connectivity index is 1.58. The number of carbonyl (C=O) groups excluding carboxylic acids is 3. The highest BCUT2D eigenvalue weighted by Crippen LogP contribution is 2.30. The van der Waals surface area contributed by atoms with Crippen LogP contribution >= 0.6 is 15.9 Å². The molecule has 6 nitrogen and oxygen atoms in total. The van der Waals surface area contributed by atoms with Crippen molar-refractivity contribution >= 4 is 39.3 Å². The summed E-state index contributed by atoms with van der Waals surface area (Å²) in [6.45, 7) is 3.35. The number of benzene rings is 2. The van der Waals surface area contributed by atoms with Crippen molar-refractivity contribution in [3.63, 3.8) is 0 Å². The predicted molar refractivity (Wildman–Crippen MR) is 120 cm³/mol. The molecule has 30 heavy (non-hydrogen) atoms. The Bertz CT molecular complexity index is 908. The zero-order valence-corrected chi connectivity index (χ0v) is 18.7. The van der Waals surface area contributed by atoms with Crippen molar-refractivity contribution in [1.29, 1.82) is 0 Å². The molecule has 0 aliphatic heterocycles. The van der Waals surface area contributed by atoms with Gasteiger partial charge in [-0.1, -0.05) is 40.2 Å². The maximum absolute atomic E-state index is 12.6. The van der Waals surface area contributed by atoms with Gasteiger partial charge < -0.3 is 16.0 Å². The number of hydrogen-bond acceptors (Lipinski definition) is 3. The summed E-state index contributed by atoms with van der Waals surface area (Å²) < 4.78 is 0.933. The minimum Gasteiger partial charge on any atom is -0.350 e. The normalized spacial score (nSPS) is 15.0. The maximum atomic E-state index is 12.6. The topological polar surface area (TPSA) is 87.3 Å². The van der Waals surface area contributed by atoms with E-state index in [-0.39, 0.29) is 36.1 Å². The van der Waals surface area contributed by atoms with E-state index in [4.69, 9.17) is 0 Å². The standard InChI is InChI=1S/C23H26BrN3O3/c1-14(16-7-11-20(12-8-16)27-23(30)18-3-4-18)25-22(29)13-21(26-15(2)28)17-5-9-19(24)10-6-17/h5-12,14,18,21H,3-4,13H2,1-2H3,(H,25,29)(H,26,28)(H,27,30). The average Bonchev–Trinajstić information content (AvgIpc) is 3.53. The van der Waals surface area contributed by atoms with Crippen molar-refractivity contribution in [3.8, 4) is 0 Å². The van der Waals surface area contributed by atoms with Crippen LogP contribution in [0.2, 0.25) is 0 Å². The molecule has 1 aliphatic rings. The first-order chi connectivity index (χ1) is 14.3. The lowest BCUT2D eigenvalue weighted by Gasteiger charge is -2.20. The maximum Gasteiger partial charge on any atom is 0.227 e. The smallest absolute Gasteiger partial charge is 0.227 e. The predicted octanol–water partition coefficient (Wildman–Crippen LogP) is 4.24. The van der Waals surface area contributed by atoms with E-state index in [1.807, 2.05) is 55.5 Å². The summed E-state index contributed by atoms with van der Waals surface area (Å²) in [5.74, 6) is -0.117. The molecule has 7 heteroatoms. The lowest BCUT2D eigenvalue weighted by Crippen LogP contribution is -2.33. The van der Waals surface area contributed by atoms with Gasteiger partial charge in [0.1, 0.15) is 0 Å². The van der Waals surface area contributed by atoms with Crippen molar-refractivity contribution in [1.82, 2.24) is 10.6 Å². The summed E-state index contributed by atoms with van der Waals surface area (Å²) in [5.41, 5.74) is 2.56. The van der Waals surface area contributed by atoms with Crippen molar-refractivity contribution < 1.29 is 14.4 Å². The minimum absolute atomic E-state index is 0.0704. The van der Waals surface area contributed by atoms with Gasteiger partial charge >= 0.3 is 0 Å². The zero-order valence-electron chi connectivity index (χ0n) is 17.1. The molecule has 0 aromatic heterocycles. The van der Waals surface area contributed by atoms with Crippen LogP contribution in [-0.4, -0.2) is 17.7 Å². The van der Waals surface area contributed by atoms with E-state index >= 15 is 0 Å². The monoisotopic (exact) mass is 471 g/mol. The molecule has 1 saturated carbocycles. The Morgan fingerprint density at radius 1 is 0.967 bits per heavy atom. The van der Waals surface area contributed by atoms with Crippen molar-refractivity contribution in [2.75, 3.05) is 5.32 Å². The summed E-state index contributed by atoms with van der Waals surface area (Å²) in [4.78, 5) is 36.1. The van der Waals surface area contributed by atoms with Gasteiger partial charge in [0.2, 0.25) is 17.7 Å². The third kappa shape index (κ3) is 6.42. The van der Waals surface area contributed by atoms with Crippen LogP contribution in [0.5, 0.6) is 0 Å². The molecule has 0 bridgehead atoms. The highest BCUT2D eigenvalue weighted by atomic mass is 79.9. The molecule has 2 aromatic rings. The van der Waals surface area contributed by atoms with E-state index < -0.39 is 6.04 Å². The van der Waals surface area contributed by atoms with Crippen molar-refractivity contribution in [3.05, 3.63) is 64.1 Å². The van der Waals surface area contributed by atoms with Gasteiger partial charge in [0.25, 0.3) is 0 Å². The molecular weight excluding hydrogens is 446 g/mol. The molecule has 2 aromatic carbocycles. The second-order valence-corrected chi connectivity index (χ2v) is 8.60. The minimum atomic E-state index is -0.400. The fraction of sp³-hybridized carbons (Fsp3) is 0.348. The summed E-state index contributed by atoms with van der Waals surface area (Å²) in [7, 11) is 0. The molecule has 3 rings (SSSR count). The number of nitrogens with one attached hydrogen (secondary N) is 3. The van der Waals surface area contributed by atoms with Crippen LogP contribution in [0.4, 0.5) is 5.69 Å². The molecule has 2 unspecified atom stereocenters. The van der Waals surface area contributed by atoms with Gasteiger partial charge in [0.15, 0.2) is 0 Å². The molecule has 3 amide bonds. The summed E-state index contributed by atoms with van der Waals surface area (Å²) >= 11 is 3.39. The van der Waals surface area contributed by atoms with Gasteiger partial charge in [-0.2, -0.15) is 0 Å². The summed E-state index contributed by atoms with van der Waals surface area (Å²) in [5, 5.41) is 8.73. The van der Waals surface area contributed by atoms with E-state index in [0.717, 1.165) is 34.1 Å². The lowest BCUT2D eigenvalue weighted by molar-refractivity contribution is -0.123. The molecular formula is C23H26BrN3O3. The van der Waals surface area contributed by atoms with E-state index in [9.17, 15) is 14.4 Å². The van der Waals surface area contributed by atoms with Gasteiger partial charge in [0, 0.05) is 23.0 Å². The highest BCUT2D eigenvalue weighted by molar-refractivity contribution is 9.10. The Hall–Kier alpha value is -2.67. The van der Waals surface area contributed by atoms with E-state index in [1.54, 1.807) is 0 Å². The first-order valence-corrected chi connectivity index (χ1v) is 10.8. The number of anilines is 1. The lowest BCUT2D eigenvalue weighted by atomic mass is 10.0. The number of amides is 3. The highest BCUT2D eigenvalue weighted by Gasteiger charge is 2.29. The van der Waals surface area contributed by atoms with Crippen LogP contribution < -0.4 is 16.0 Å². The number of hydrogen-bond donors (Lipinski definition) is 3. The largest absolute Gasteiger partial charge is 0.350 e. The van der Waals surface area contributed by atoms with Crippen LogP contribution in [-0.2, 0) is 14.4 Å². The second kappa shape index (κ2) is 9.89. The second-order valence-electron chi connectivity index (χ2n) is 7.68. The first kappa shape index (κ1) is 22.0.